The van der Waals surface area contributed by atoms with Crippen LogP contribution in [-0.4, -0.2) is 16.8 Å². The summed E-state index contributed by atoms with van der Waals surface area (Å²) in [5.74, 6) is 0.0570. The summed E-state index contributed by atoms with van der Waals surface area (Å²) in [4.78, 5) is 12.7. The number of hydrogen-bond acceptors (Lipinski definition) is 1. The van der Waals surface area contributed by atoms with E-state index in [2.05, 4.69) is 43.8 Å². The molecular weight excluding hydrogens is 393 g/mol. The molecule has 1 saturated carbocycles. The van der Waals surface area contributed by atoms with Gasteiger partial charge in [-0.2, -0.15) is 0 Å². The van der Waals surface area contributed by atoms with Crippen LogP contribution in [0.4, 0.5) is 0 Å². The summed E-state index contributed by atoms with van der Waals surface area (Å²) in [7, 11) is 0. The summed E-state index contributed by atoms with van der Waals surface area (Å²) >= 11 is 5.85. The molecule has 1 aromatic carbocycles. The van der Waals surface area contributed by atoms with Gasteiger partial charge in [0.2, 0.25) is 0 Å². The SMILES string of the molecule is O=C(NC1CCC(Br)CC1)c1cccc(I)c1. The molecule has 4 heteroatoms. The number of halogens is 2. The van der Waals surface area contributed by atoms with Gasteiger partial charge in [0.25, 0.3) is 5.91 Å². The van der Waals surface area contributed by atoms with Crippen molar-refractivity contribution in [2.24, 2.45) is 0 Å². The lowest BCUT2D eigenvalue weighted by Crippen LogP contribution is -2.37. The second kappa shape index (κ2) is 6.18. The largest absolute Gasteiger partial charge is 0.349 e. The van der Waals surface area contributed by atoms with Crippen molar-refractivity contribution in [1.82, 2.24) is 5.32 Å². The summed E-state index contributed by atoms with van der Waals surface area (Å²) in [6.45, 7) is 0. The molecule has 0 aliphatic heterocycles. The van der Waals surface area contributed by atoms with Crippen molar-refractivity contribution in [1.29, 1.82) is 0 Å². The van der Waals surface area contributed by atoms with Crippen molar-refractivity contribution < 1.29 is 4.79 Å². The molecule has 1 aliphatic carbocycles. The van der Waals surface area contributed by atoms with Crippen LogP contribution in [0.3, 0.4) is 0 Å². The van der Waals surface area contributed by atoms with Crippen LogP contribution >= 0.6 is 38.5 Å². The van der Waals surface area contributed by atoms with Crippen LogP contribution in [0.1, 0.15) is 36.0 Å². The molecule has 92 valence electrons. The maximum atomic E-state index is 12.0. The first-order chi connectivity index (χ1) is 8.15. The number of amides is 1. The molecule has 1 fully saturated rings. The van der Waals surface area contributed by atoms with E-state index in [4.69, 9.17) is 0 Å². The Hall–Kier alpha value is -0.100. The molecule has 1 N–H and O–H groups in total. The minimum Gasteiger partial charge on any atom is -0.349 e. The lowest BCUT2D eigenvalue weighted by Gasteiger charge is -2.26. The third-order valence-electron chi connectivity index (χ3n) is 3.08. The molecule has 0 saturated heterocycles. The average molecular weight is 408 g/mol. The summed E-state index contributed by atoms with van der Waals surface area (Å²) in [5.41, 5.74) is 0.762. The minimum absolute atomic E-state index is 0.0570. The molecule has 2 rings (SSSR count). The first-order valence-corrected chi connectivity index (χ1v) is 7.85. The Kier molecular flexibility index (Phi) is 4.85. The van der Waals surface area contributed by atoms with Crippen molar-refractivity contribution in [3.63, 3.8) is 0 Å². The number of rotatable bonds is 2. The van der Waals surface area contributed by atoms with E-state index in [0.717, 1.165) is 34.8 Å². The van der Waals surface area contributed by atoms with Gasteiger partial charge in [-0.25, -0.2) is 0 Å². The van der Waals surface area contributed by atoms with Crippen LogP contribution in [0.15, 0.2) is 24.3 Å². The first-order valence-electron chi connectivity index (χ1n) is 5.85. The minimum atomic E-state index is 0.0570. The Morgan fingerprint density at radius 1 is 1.29 bits per heavy atom. The number of carbonyl (C=O) groups is 1. The Balaban J connectivity index is 1.93. The molecule has 17 heavy (non-hydrogen) atoms. The average Bonchev–Trinajstić information content (AvgIpc) is 2.32. The highest BCUT2D eigenvalue weighted by molar-refractivity contribution is 14.1. The zero-order valence-electron chi connectivity index (χ0n) is 9.46. The third kappa shape index (κ3) is 3.95. The summed E-state index contributed by atoms with van der Waals surface area (Å²) in [6, 6.07) is 8.05. The molecule has 1 aromatic rings. The maximum absolute atomic E-state index is 12.0. The Morgan fingerprint density at radius 2 is 2.00 bits per heavy atom. The van der Waals surface area contributed by atoms with Gasteiger partial charge in [-0.05, 0) is 66.5 Å². The van der Waals surface area contributed by atoms with Gasteiger partial charge in [-0.3, -0.25) is 4.79 Å². The van der Waals surface area contributed by atoms with Gasteiger partial charge >= 0.3 is 0 Å². The number of alkyl halides is 1. The van der Waals surface area contributed by atoms with E-state index < -0.39 is 0 Å². The predicted octanol–water partition coefficient (Wildman–Crippen LogP) is 3.73. The van der Waals surface area contributed by atoms with Gasteiger partial charge in [-0.1, -0.05) is 22.0 Å². The standard InChI is InChI=1S/C13H15BrINO/c14-10-4-6-12(7-5-10)16-13(17)9-2-1-3-11(15)8-9/h1-3,8,10,12H,4-7H2,(H,16,17). The molecule has 0 aromatic heterocycles. The van der Waals surface area contributed by atoms with Crippen molar-refractivity contribution >= 4 is 44.4 Å². The summed E-state index contributed by atoms with van der Waals surface area (Å²) < 4.78 is 1.10. The molecule has 0 heterocycles. The maximum Gasteiger partial charge on any atom is 0.251 e. The van der Waals surface area contributed by atoms with E-state index >= 15 is 0 Å². The number of carbonyl (C=O) groups excluding carboxylic acids is 1. The van der Waals surface area contributed by atoms with Gasteiger partial charge in [0.15, 0.2) is 0 Å². The van der Waals surface area contributed by atoms with Gasteiger partial charge < -0.3 is 5.32 Å². The summed E-state index contributed by atoms with van der Waals surface area (Å²) in [6.07, 6.45) is 4.45. The van der Waals surface area contributed by atoms with Gasteiger partial charge in [0, 0.05) is 20.0 Å². The number of benzene rings is 1. The van der Waals surface area contributed by atoms with Crippen molar-refractivity contribution in [3.05, 3.63) is 33.4 Å². The predicted molar refractivity (Wildman–Crippen MR) is 81.6 cm³/mol. The van der Waals surface area contributed by atoms with Crippen molar-refractivity contribution in [3.8, 4) is 0 Å². The fourth-order valence-corrected chi connectivity index (χ4v) is 3.17. The van der Waals surface area contributed by atoms with Crippen LogP contribution in [0.5, 0.6) is 0 Å². The number of hydrogen-bond donors (Lipinski definition) is 1. The van der Waals surface area contributed by atoms with E-state index in [-0.39, 0.29) is 5.91 Å². The lowest BCUT2D eigenvalue weighted by atomic mass is 9.95. The third-order valence-corrected chi connectivity index (χ3v) is 4.67. The highest BCUT2D eigenvalue weighted by atomic mass is 127. The van der Waals surface area contributed by atoms with Crippen molar-refractivity contribution in [2.45, 2.75) is 36.6 Å². The molecule has 0 spiro atoms. The van der Waals surface area contributed by atoms with Crippen molar-refractivity contribution in [2.75, 3.05) is 0 Å². The Bertz CT molecular complexity index is 402. The Morgan fingerprint density at radius 3 is 2.65 bits per heavy atom. The van der Waals surface area contributed by atoms with Crippen LogP contribution in [-0.2, 0) is 0 Å². The molecule has 0 radical (unpaired) electrons. The quantitative estimate of drug-likeness (QED) is 0.587. The molecule has 1 amide bonds. The highest BCUT2D eigenvalue weighted by Crippen LogP contribution is 2.24. The van der Waals surface area contributed by atoms with E-state index in [9.17, 15) is 4.79 Å². The molecule has 2 nitrogen and oxygen atoms in total. The molecule has 0 bridgehead atoms. The highest BCUT2D eigenvalue weighted by Gasteiger charge is 2.20. The van der Waals surface area contributed by atoms with E-state index in [1.807, 2.05) is 24.3 Å². The monoisotopic (exact) mass is 407 g/mol. The molecule has 0 atom stereocenters. The zero-order valence-corrected chi connectivity index (χ0v) is 13.2. The first kappa shape index (κ1) is 13.3. The zero-order chi connectivity index (χ0) is 12.3. The topological polar surface area (TPSA) is 29.1 Å². The molecular formula is C13H15BrINO. The smallest absolute Gasteiger partial charge is 0.251 e. The molecule has 0 unspecified atom stereocenters. The fraction of sp³-hybridized carbons (Fsp3) is 0.462. The second-order valence-electron chi connectivity index (χ2n) is 4.43. The number of nitrogens with one attached hydrogen (secondary N) is 1. The van der Waals surface area contributed by atoms with Gasteiger partial charge in [-0.15, -0.1) is 0 Å². The van der Waals surface area contributed by atoms with Gasteiger partial charge in [0.05, 0.1) is 0 Å². The van der Waals surface area contributed by atoms with E-state index in [1.54, 1.807) is 0 Å². The van der Waals surface area contributed by atoms with Crippen LogP contribution in [0.2, 0.25) is 0 Å². The Labute approximate surface area is 124 Å². The second-order valence-corrected chi connectivity index (χ2v) is 6.97. The lowest BCUT2D eigenvalue weighted by molar-refractivity contribution is 0.0928. The molecule has 1 aliphatic rings. The fourth-order valence-electron chi connectivity index (χ4n) is 2.10. The van der Waals surface area contributed by atoms with Crippen LogP contribution in [0.25, 0.3) is 0 Å². The normalized spacial score (nSPS) is 24.4. The summed E-state index contributed by atoms with van der Waals surface area (Å²) in [5, 5.41) is 3.12. The van der Waals surface area contributed by atoms with E-state index in [1.165, 1.54) is 0 Å². The van der Waals surface area contributed by atoms with Gasteiger partial charge in [0.1, 0.15) is 0 Å². The van der Waals surface area contributed by atoms with Crippen LogP contribution < -0.4 is 5.32 Å². The van der Waals surface area contributed by atoms with Crippen LogP contribution in [0, 0.1) is 3.57 Å². The van der Waals surface area contributed by atoms with E-state index in [0.29, 0.717) is 10.9 Å².